The third-order valence-electron chi connectivity index (χ3n) is 2.21. The van der Waals surface area contributed by atoms with Crippen LogP contribution in [0, 0.1) is 0 Å². The topological polar surface area (TPSA) is 61.8 Å². The number of rotatable bonds is 4. The van der Waals surface area contributed by atoms with Gasteiger partial charge in [0.05, 0.1) is 26.1 Å². The molecule has 0 aromatic heterocycles. The highest BCUT2D eigenvalue weighted by Crippen LogP contribution is 2.37. The van der Waals surface area contributed by atoms with E-state index in [-0.39, 0.29) is 18.1 Å². The van der Waals surface area contributed by atoms with Crippen molar-refractivity contribution in [2.45, 2.75) is 18.0 Å². The molecule has 16 heavy (non-hydrogen) atoms. The van der Waals surface area contributed by atoms with Gasteiger partial charge < -0.3 is 9.47 Å². The highest BCUT2D eigenvalue weighted by molar-refractivity contribution is 8.04. The van der Waals surface area contributed by atoms with E-state index in [1.165, 1.54) is 0 Å². The van der Waals surface area contributed by atoms with Crippen LogP contribution in [0.2, 0.25) is 0 Å². The summed E-state index contributed by atoms with van der Waals surface area (Å²) in [5.74, 6) is 0. The van der Waals surface area contributed by atoms with Crippen molar-refractivity contribution in [1.82, 2.24) is 0 Å². The van der Waals surface area contributed by atoms with Gasteiger partial charge in [-0.3, -0.25) is 4.18 Å². The fourth-order valence-corrected chi connectivity index (χ4v) is 3.16. The van der Waals surface area contributed by atoms with Gasteiger partial charge in [-0.25, -0.2) is 0 Å². The summed E-state index contributed by atoms with van der Waals surface area (Å²) in [6, 6.07) is 0. The van der Waals surface area contributed by atoms with E-state index in [0.717, 1.165) is 17.6 Å². The van der Waals surface area contributed by atoms with Crippen LogP contribution in [0.5, 0.6) is 0 Å². The van der Waals surface area contributed by atoms with E-state index in [9.17, 15) is 8.42 Å². The minimum atomic E-state index is -3.35. The summed E-state index contributed by atoms with van der Waals surface area (Å²) in [7, 11) is -3.35. The molecule has 0 spiro atoms. The summed E-state index contributed by atoms with van der Waals surface area (Å²) in [4.78, 5) is 1.03. The first-order valence-electron chi connectivity index (χ1n) is 4.99. The highest BCUT2D eigenvalue weighted by atomic mass is 32.2. The molecule has 2 aliphatic rings. The SMILES string of the molecule is CS(=O)(=O)OCC1CC=C(C2OCCO2)S1. The van der Waals surface area contributed by atoms with Crippen LogP contribution < -0.4 is 0 Å². The molecule has 92 valence electrons. The Morgan fingerprint density at radius 1 is 1.50 bits per heavy atom. The third kappa shape index (κ3) is 3.46. The van der Waals surface area contributed by atoms with Crippen LogP contribution >= 0.6 is 11.8 Å². The number of ether oxygens (including phenoxy) is 2. The van der Waals surface area contributed by atoms with Crippen molar-refractivity contribution in [2.24, 2.45) is 0 Å². The monoisotopic (exact) mass is 266 g/mol. The number of hydrogen-bond donors (Lipinski definition) is 0. The molecule has 0 amide bonds. The maximum Gasteiger partial charge on any atom is 0.264 e. The average molecular weight is 266 g/mol. The normalized spacial score (nSPS) is 27.3. The molecule has 2 heterocycles. The molecule has 0 N–H and O–H groups in total. The fraction of sp³-hybridized carbons (Fsp3) is 0.778. The Balaban J connectivity index is 1.78. The van der Waals surface area contributed by atoms with Crippen LogP contribution in [0.3, 0.4) is 0 Å². The Hall–Kier alpha value is -0.0800. The van der Waals surface area contributed by atoms with Crippen molar-refractivity contribution in [2.75, 3.05) is 26.1 Å². The summed E-state index contributed by atoms with van der Waals surface area (Å²) in [5, 5.41) is 0.137. The van der Waals surface area contributed by atoms with Gasteiger partial charge in [0.2, 0.25) is 0 Å². The maximum absolute atomic E-state index is 10.8. The van der Waals surface area contributed by atoms with Gasteiger partial charge in [-0.15, -0.1) is 11.8 Å². The van der Waals surface area contributed by atoms with Gasteiger partial charge in [0.25, 0.3) is 10.1 Å². The van der Waals surface area contributed by atoms with Crippen LogP contribution in [0.25, 0.3) is 0 Å². The molecule has 0 radical (unpaired) electrons. The van der Waals surface area contributed by atoms with E-state index >= 15 is 0 Å². The molecule has 0 aromatic rings. The lowest BCUT2D eigenvalue weighted by molar-refractivity contribution is -0.00450. The Labute approximate surface area is 99.3 Å². The second-order valence-corrected chi connectivity index (χ2v) is 6.66. The lowest BCUT2D eigenvalue weighted by Crippen LogP contribution is -2.14. The summed E-state index contributed by atoms with van der Waals surface area (Å²) in [6.07, 6.45) is 3.62. The van der Waals surface area contributed by atoms with Gasteiger partial charge >= 0.3 is 0 Å². The van der Waals surface area contributed by atoms with Gasteiger partial charge in [0, 0.05) is 10.2 Å². The molecule has 1 saturated heterocycles. The van der Waals surface area contributed by atoms with E-state index in [2.05, 4.69) is 0 Å². The Bertz CT molecular complexity index is 369. The molecular formula is C9H14O5S2. The summed E-state index contributed by atoms with van der Waals surface area (Å²) in [5.41, 5.74) is 0. The zero-order chi connectivity index (χ0) is 11.6. The smallest absolute Gasteiger partial charge is 0.264 e. The quantitative estimate of drug-likeness (QED) is 0.699. The first kappa shape index (κ1) is 12.4. The molecular weight excluding hydrogens is 252 g/mol. The van der Waals surface area contributed by atoms with E-state index < -0.39 is 10.1 Å². The summed E-state index contributed by atoms with van der Waals surface area (Å²) >= 11 is 1.57. The number of thioether (sulfide) groups is 1. The minimum absolute atomic E-state index is 0.137. The van der Waals surface area contributed by atoms with E-state index in [0.29, 0.717) is 13.2 Å². The molecule has 5 nitrogen and oxygen atoms in total. The standard InChI is InChI=1S/C9H14O5S2/c1-16(10,11)14-6-7-2-3-8(15-7)9-12-4-5-13-9/h3,7,9H,2,4-6H2,1H3. The minimum Gasteiger partial charge on any atom is -0.346 e. The molecule has 1 unspecified atom stereocenters. The Morgan fingerprint density at radius 3 is 2.81 bits per heavy atom. The highest BCUT2D eigenvalue weighted by Gasteiger charge is 2.28. The van der Waals surface area contributed by atoms with Crippen molar-refractivity contribution in [1.29, 1.82) is 0 Å². The molecule has 0 aromatic carbocycles. The van der Waals surface area contributed by atoms with Gasteiger partial charge in [0.1, 0.15) is 0 Å². The van der Waals surface area contributed by atoms with Crippen molar-refractivity contribution in [3.63, 3.8) is 0 Å². The van der Waals surface area contributed by atoms with Gasteiger partial charge in [-0.1, -0.05) is 6.08 Å². The lowest BCUT2D eigenvalue weighted by Gasteiger charge is -2.12. The second-order valence-electron chi connectivity index (χ2n) is 3.64. The fourth-order valence-electron chi connectivity index (χ4n) is 1.51. The van der Waals surface area contributed by atoms with Crippen LogP contribution in [-0.2, 0) is 23.8 Å². The first-order valence-corrected chi connectivity index (χ1v) is 7.68. The summed E-state index contributed by atoms with van der Waals surface area (Å²) < 4.78 is 37.1. The van der Waals surface area contributed by atoms with Gasteiger partial charge in [-0.05, 0) is 6.42 Å². The van der Waals surface area contributed by atoms with Crippen molar-refractivity contribution < 1.29 is 22.1 Å². The van der Waals surface area contributed by atoms with Crippen LogP contribution in [0.15, 0.2) is 11.0 Å². The zero-order valence-electron chi connectivity index (χ0n) is 8.92. The Kier molecular flexibility index (Phi) is 3.91. The zero-order valence-corrected chi connectivity index (χ0v) is 10.6. The number of hydrogen-bond acceptors (Lipinski definition) is 6. The Morgan fingerprint density at radius 2 is 2.19 bits per heavy atom. The van der Waals surface area contributed by atoms with E-state index in [1.807, 2.05) is 6.08 Å². The molecule has 2 rings (SSSR count). The van der Waals surface area contributed by atoms with E-state index in [4.69, 9.17) is 13.7 Å². The van der Waals surface area contributed by atoms with Gasteiger partial charge in [0.15, 0.2) is 6.29 Å². The predicted octanol–water partition coefficient (Wildman–Crippen LogP) is 0.725. The first-order chi connectivity index (χ1) is 7.54. The van der Waals surface area contributed by atoms with Crippen LogP contribution in [-0.4, -0.2) is 46.0 Å². The predicted molar refractivity (Wildman–Crippen MR) is 60.6 cm³/mol. The molecule has 2 aliphatic heterocycles. The average Bonchev–Trinajstić information content (AvgIpc) is 2.84. The second kappa shape index (κ2) is 5.05. The van der Waals surface area contributed by atoms with Crippen molar-refractivity contribution in [3.8, 4) is 0 Å². The molecule has 7 heteroatoms. The van der Waals surface area contributed by atoms with Crippen molar-refractivity contribution >= 4 is 21.9 Å². The number of allylic oxidation sites excluding steroid dienone is 1. The maximum atomic E-state index is 10.8. The molecule has 1 atom stereocenters. The van der Waals surface area contributed by atoms with Crippen LogP contribution in [0.1, 0.15) is 6.42 Å². The third-order valence-corrected chi connectivity index (χ3v) is 4.06. The van der Waals surface area contributed by atoms with Gasteiger partial charge in [-0.2, -0.15) is 8.42 Å². The largest absolute Gasteiger partial charge is 0.346 e. The van der Waals surface area contributed by atoms with Crippen LogP contribution in [0.4, 0.5) is 0 Å². The molecule has 0 saturated carbocycles. The lowest BCUT2D eigenvalue weighted by atomic mass is 10.3. The molecule has 0 bridgehead atoms. The molecule has 0 aliphatic carbocycles. The van der Waals surface area contributed by atoms with Crippen molar-refractivity contribution in [3.05, 3.63) is 11.0 Å². The van der Waals surface area contributed by atoms with E-state index in [1.54, 1.807) is 11.8 Å². The summed E-state index contributed by atoms with van der Waals surface area (Å²) in [6.45, 7) is 1.44. The molecule has 1 fully saturated rings.